The Labute approximate surface area is 175 Å². The lowest BCUT2D eigenvalue weighted by molar-refractivity contribution is -0.116. The molecule has 1 amide bonds. The van der Waals surface area contributed by atoms with E-state index in [4.69, 9.17) is 11.6 Å². The average Bonchev–Trinajstić information content (AvgIpc) is 2.70. The quantitative estimate of drug-likeness (QED) is 0.624. The van der Waals surface area contributed by atoms with Crippen LogP contribution in [0.3, 0.4) is 0 Å². The highest BCUT2D eigenvalue weighted by Crippen LogP contribution is 2.20. The number of nitrogens with one attached hydrogen (secondary N) is 1. The van der Waals surface area contributed by atoms with E-state index in [1.165, 1.54) is 36.4 Å². The minimum absolute atomic E-state index is 0.0643. The maximum atomic E-state index is 14.0. The maximum absolute atomic E-state index is 14.0. The molecule has 30 heavy (non-hydrogen) atoms. The average molecular weight is 434 g/mol. The topological polar surface area (TPSA) is 84.2 Å². The van der Waals surface area contributed by atoms with Crippen LogP contribution in [0.25, 0.3) is 11.4 Å². The second-order valence-electron chi connectivity index (χ2n) is 6.54. The summed E-state index contributed by atoms with van der Waals surface area (Å²) in [5.74, 6) is -1.68. The van der Waals surface area contributed by atoms with Crippen molar-refractivity contribution in [2.75, 3.05) is 11.9 Å². The lowest BCUT2D eigenvalue weighted by Crippen LogP contribution is -2.33. The molecule has 0 unspecified atom stereocenters. The van der Waals surface area contributed by atoms with Crippen LogP contribution in [-0.2, 0) is 17.8 Å². The van der Waals surface area contributed by atoms with E-state index in [9.17, 15) is 23.5 Å². The van der Waals surface area contributed by atoms with Gasteiger partial charge in [0.2, 0.25) is 5.91 Å². The molecule has 9 heteroatoms. The van der Waals surface area contributed by atoms with Crippen LogP contribution in [-0.4, -0.2) is 27.2 Å². The van der Waals surface area contributed by atoms with Crippen molar-refractivity contribution >= 4 is 23.2 Å². The van der Waals surface area contributed by atoms with Gasteiger partial charge in [0.25, 0.3) is 5.56 Å². The van der Waals surface area contributed by atoms with E-state index in [0.717, 1.165) is 10.6 Å². The first-order chi connectivity index (χ1) is 14.3. The highest BCUT2D eigenvalue weighted by Gasteiger charge is 2.18. The van der Waals surface area contributed by atoms with Gasteiger partial charge in [-0.25, -0.2) is 13.8 Å². The number of aryl methyl sites for hydroxylation is 1. The fourth-order valence-electron chi connectivity index (χ4n) is 2.99. The number of carbonyl (C=O) groups is 1. The molecule has 0 saturated heterocycles. The van der Waals surface area contributed by atoms with Crippen LogP contribution in [0.15, 0.2) is 47.3 Å². The maximum Gasteiger partial charge on any atom is 0.257 e. The van der Waals surface area contributed by atoms with Crippen LogP contribution in [0.1, 0.15) is 11.3 Å². The first kappa shape index (κ1) is 21.6. The van der Waals surface area contributed by atoms with Crippen molar-refractivity contribution in [1.82, 2.24) is 9.55 Å². The molecule has 0 atom stereocenters. The smallest absolute Gasteiger partial charge is 0.257 e. The molecule has 0 saturated carbocycles. The number of aromatic nitrogens is 2. The largest absolute Gasteiger partial charge is 0.396 e. The normalized spacial score (nSPS) is 10.8. The summed E-state index contributed by atoms with van der Waals surface area (Å²) in [6.45, 7) is 0.891. The third-order valence-corrected chi connectivity index (χ3v) is 4.68. The minimum atomic E-state index is -0.718. The third-order valence-electron chi connectivity index (χ3n) is 4.44. The van der Waals surface area contributed by atoms with E-state index >= 15 is 0 Å². The van der Waals surface area contributed by atoms with Gasteiger partial charge < -0.3 is 10.4 Å². The number of hydrogen-bond acceptors (Lipinski definition) is 4. The van der Waals surface area contributed by atoms with Crippen LogP contribution >= 0.6 is 11.6 Å². The van der Waals surface area contributed by atoms with Crippen LogP contribution in [0.2, 0.25) is 5.02 Å². The van der Waals surface area contributed by atoms with Crippen molar-refractivity contribution in [3.8, 4) is 11.4 Å². The van der Waals surface area contributed by atoms with Crippen molar-refractivity contribution in [1.29, 1.82) is 0 Å². The summed E-state index contributed by atoms with van der Waals surface area (Å²) >= 11 is 5.71. The summed E-state index contributed by atoms with van der Waals surface area (Å²) < 4.78 is 28.4. The molecule has 2 N–H and O–H groups in total. The third kappa shape index (κ3) is 4.72. The molecule has 1 heterocycles. The molecule has 0 aliphatic carbocycles. The second-order valence-corrected chi connectivity index (χ2v) is 6.98. The van der Waals surface area contributed by atoms with Gasteiger partial charge in [-0.05, 0) is 49.4 Å². The van der Waals surface area contributed by atoms with Gasteiger partial charge in [-0.15, -0.1) is 0 Å². The fourth-order valence-corrected chi connectivity index (χ4v) is 3.15. The number of rotatable bonds is 6. The molecule has 3 rings (SSSR count). The molecule has 156 valence electrons. The molecule has 0 fully saturated rings. The lowest BCUT2D eigenvalue weighted by Gasteiger charge is -2.16. The molecule has 0 radical (unpaired) electrons. The van der Waals surface area contributed by atoms with Crippen LogP contribution in [0, 0.1) is 18.6 Å². The SMILES string of the molecule is Cc1nc(-c2ccc(F)cc2)n(CC(=O)Nc2ccc(Cl)cc2F)c(=O)c1CCO. The molecular weight excluding hydrogens is 416 g/mol. The second kappa shape index (κ2) is 9.15. The number of hydrogen-bond donors (Lipinski definition) is 2. The Balaban J connectivity index is 2.02. The van der Waals surface area contributed by atoms with Gasteiger partial charge in [0.1, 0.15) is 24.0 Å². The highest BCUT2D eigenvalue weighted by molar-refractivity contribution is 6.30. The zero-order chi connectivity index (χ0) is 21.8. The van der Waals surface area contributed by atoms with E-state index in [1.807, 2.05) is 0 Å². The van der Waals surface area contributed by atoms with Crippen molar-refractivity contribution in [2.45, 2.75) is 19.9 Å². The Morgan fingerprint density at radius 3 is 2.53 bits per heavy atom. The predicted octanol–water partition coefficient (Wildman–Crippen LogP) is 3.32. The number of anilines is 1. The Morgan fingerprint density at radius 1 is 1.20 bits per heavy atom. The van der Waals surface area contributed by atoms with Crippen molar-refractivity contribution in [3.05, 3.63) is 80.7 Å². The molecule has 2 aromatic carbocycles. The molecule has 6 nitrogen and oxygen atoms in total. The zero-order valence-corrected chi connectivity index (χ0v) is 16.7. The van der Waals surface area contributed by atoms with Crippen molar-refractivity contribution < 1.29 is 18.7 Å². The number of amides is 1. The fraction of sp³-hybridized carbons (Fsp3) is 0.190. The molecule has 0 aliphatic heterocycles. The van der Waals surface area contributed by atoms with Gasteiger partial charge in [-0.3, -0.25) is 14.2 Å². The summed E-state index contributed by atoms with van der Waals surface area (Å²) in [5.41, 5.74) is 0.485. The Hall–Kier alpha value is -3.10. The first-order valence-corrected chi connectivity index (χ1v) is 9.40. The van der Waals surface area contributed by atoms with Crippen molar-refractivity contribution in [2.24, 2.45) is 0 Å². The van der Waals surface area contributed by atoms with E-state index in [2.05, 4.69) is 10.3 Å². The number of aliphatic hydroxyl groups excluding tert-OH is 1. The van der Waals surface area contributed by atoms with E-state index < -0.39 is 29.6 Å². The summed E-state index contributed by atoms with van der Waals surface area (Å²) in [4.78, 5) is 30.0. The molecule has 0 bridgehead atoms. The summed E-state index contributed by atoms with van der Waals surface area (Å²) in [5, 5.41) is 11.8. The zero-order valence-electron chi connectivity index (χ0n) is 16.0. The van der Waals surface area contributed by atoms with Gasteiger partial charge in [0.15, 0.2) is 0 Å². The standard InChI is InChI=1S/C21H18ClF2N3O3/c1-12-16(8-9-28)21(30)27(20(25-12)13-2-5-15(23)6-3-13)11-19(29)26-18-7-4-14(22)10-17(18)24/h2-7,10,28H,8-9,11H2,1H3,(H,26,29). The van der Waals surface area contributed by atoms with Gasteiger partial charge in [0.05, 0.1) is 5.69 Å². The van der Waals surface area contributed by atoms with Gasteiger partial charge in [-0.1, -0.05) is 11.6 Å². The van der Waals surface area contributed by atoms with Gasteiger partial charge >= 0.3 is 0 Å². The molecule has 0 aliphatic rings. The Morgan fingerprint density at radius 2 is 1.90 bits per heavy atom. The molecule has 0 spiro atoms. The molecule has 3 aromatic rings. The number of nitrogens with zero attached hydrogens (tertiary/aromatic N) is 2. The number of benzene rings is 2. The van der Waals surface area contributed by atoms with E-state index in [0.29, 0.717) is 11.3 Å². The Bertz CT molecular complexity index is 1150. The molecule has 1 aromatic heterocycles. The van der Waals surface area contributed by atoms with Crippen LogP contribution in [0.4, 0.5) is 14.5 Å². The van der Waals surface area contributed by atoms with E-state index in [1.54, 1.807) is 6.92 Å². The van der Waals surface area contributed by atoms with Crippen LogP contribution in [0.5, 0.6) is 0 Å². The highest BCUT2D eigenvalue weighted by atomic mass is 35.5. The van der Waals surface area contributed by atoms with Gasteiger partial charge in [0, 0.05) is 34.9 Å². The predicted molar refractivity (Wildman–Crippen MR) is 109 cm³/mol. The molecular formula is C21H18ClF2N3O3. The Kier molecular flexibility index (Phi) is 6.59. The summed E-state index contributed by atoms with van der Waals surface area (Å²) in [6.07, 6.45) is 0.0643. The number of halogens is 3. The van der Waals surface area contributed by atoms with E-state index in [-0.39, 0.29) is 35.1 Å². The van der Waals surface area contributed by atoms with Crippen LogP contribution < -0.4 is 10.9 Å². The monoisotopic (exact) mass is 433 g/mol. The lowest BCUT2D eigenvalue weighted by atomic mass is 10.1. The summed E-state index contributed by atoms with van der Waals surface area (Å²) in [6, 6.07) is 9.09. The summed E-state index contributed by atoms with van der Waals surface area (Å²) in [7, 11) is 0. The number of aliphatic hydroxyl groups is 1. The van der Waals surface area contributed by atoms with Gasteiger partial charge in [-0.2, -0.15) is 0 Å². The van der Waals surface area contributed by atoms with Crippen molar-refractivity contribution in [3.63, 3.8) is 0 Å². The first-order valence-electron chi connectivity index (χ1n) is 9.02. The minimum Gasteiger partial charge on any atom is -0.396 e. The number of carbonyl (C=O) groups excluding carboxylic acids is 1.